The Hall–Kier alpha value is -3.07. The number of ether oxygens (including phenoxy) is 2. The summed E-state index contributed by atoms with van der Waals surface area (Å²) >= 11 is 0. The molecule has 3 rings (SSSR count). The lowest BCUT2D eigenvalue weighted by atomic mass is 10.1. The van der Waals surface area contributed by atoms with Crippen LogP contribution in [0.5, 0.6) is 11.5 Å². The van der Waals surface area contributed by atoms with Gasteiger partial charge in [-0.05, 0) is 63.2 Å². The van der Waals surface area contributed by atoms with Gasteiger partial charge in [-0.1, -0.05) is 11.6 Å². The fourth-order valence-corrected chi connectivity index (χ4v) is 3.76. The topological polar surface area (TPSA) is 42.0 Å². The van der Waals surface area contributed by atoms with E-state index in [-0.39, 0.29) is 35.1 Å². The van der Waals surface area contributed by atoms with Crippen LogP contribution < -0.4 is 9.47 Å². The summed E-state index contributed by atoms with van der Waals surface area (Å²) in [6.07, 6.45) is 3.63. The van der Waals surface area contributed by atoms with Crippen molar-refractivity contribution in [3.8, 4) is 11.5 Å². The van der Waals surface area contributed by atoms with E-state index in [4.69, 9.17) is 4.74 Å². The van der Waals surface area contributed by atoms with Crippen LogP contribution in [0.4, 0.5) is 17.6 Å². The van der Waals surface area contributed by atoms with Crippen molar-refractivity contribution in [3.05, 3.63) is 64.7 Å². The van der Waals surface area contributed by atoms with E-state index in [0.717, 1.165) is 32.0 Å². The Kier molecular flexibility index (Phi) is 8.32. The quantitative estimate of drug-likeness (QED) is 0.478. The van der Waals surface area contributed by atoms with Crippen LogP contribution in [0.3, 0.4) is 0 Å². The first-order chi connectivity index (χ1) is 15.8. The summed E-state index contributed by atoms with van der Waals surface area (Å²) in [6.45, 7) is 0.990. The van der Waals surface area contributed by atoms with Crippen molar-refractivity contribution < 1.29 is 31.8 Å². The molecule has 0 radical (unpaired) electrons. The number of amides is 1. The van der Waals surface area contributed by atoms with Gasteiger partial charge in [0.1, 0.15) is 11.6 Å². The van der Waals surface area contributed by atoms with Gasteiger partial charge in [0.15, 0.2) is 11.5 Å². The van der Waals surface area contributed by atoms with Crippen LogP contribution in [0.15, 0.2) is 42.0 Å². The Morgan fingerprint density at radius 2 is 1.85 bits per heavy atom. The number of likely N-dealkylation sites (tertiary alicyclic amines) is 1. The molecule has 1 aliphatic heterocycles. The molecular formula is C24H26F4N2O3. The van der Waals surface area contributed by atoms with Crippen molar-refractivity contribution >= 4 is 12.0 Å². The molecular weight excluding hydrogens is 440 g/mol. The molecule has 0 unspecified atom stereocenters. The standard InChI is InChI=1S/C24H26F4N2O3/c1-16(11-17-5-7-19(25)13-20(17)26)14-30(15-29-9-3-4-10-29)23(31)18-6-8-21(33-24(27)28)22(12-18)32-2/h5-8,11-13,24H,3-4,9-10,14-15H2,1-2H3. The number of carbonyl (C=O) groups is 1. The minimum Gasteiger partial charge on any atom is -0.493 e. The molecule has 0 spiro atoms. The summed E-state index contributed by atoms with van der Waals surface area (Å²) in [4.78, 5) is 17.1. The van der Waals surface area contributed by atoms with Gasteiger partial charge < -0.3 is 14.4 Å². The van der Waals surface area contributed by atoms with Gasteiger partial charge >= 0.3 is 6.61 Å². The van der Waals surface area contributed by atoms with Crippen molar-refractivity contribution in [3.63, 3.8) is 0 Å². The predicted octanol–water partition coefficient (Wildman–Crippen LogP) is 5.17. The molecule has 5 nitrogen and oxygen atoms in total. The highest BCUT2D eigenvalue weighted by molar-refractivity contribution is 5.95. The second kappa shape index (κ2) is 11.2. The first kappa shape index (κ1) is 24.6. The molecule has 0 bridgehead atoms. The van der Waals surface area contributed by atoms with Crippen LogP contribution in [0.2, 0.25) is 0 Å². The van der Waals surface area contributed by atoms with Crippen molar-refractivity contribution in [2.24, 2.45) is 0 Å². The third-order valence-electron chi connectivity index (χ3n) is 5.29. The smallest absolute Gasteiger partial charge is 0.387 e. The van der Waals surface area contributed by atoms with Gasteiger partial charge in [-0.25, -0.2) is 8.78 Å². The van der Waals surface area contributed by atoms with Gasteiger partial charge in [-0.15, -0.1) is 0 Å². The van der Waals surface area contributed by atoms with Crippen molar-refractivity contribution in [2.75, 3.05) is 33.4 Å². The molecule has 1 fully saturated rings. The molecule has 9 heteroatoms. The zero-order chi connectivity index (χ0) is 24.0. The van der Waals surface area contributed by atoms with E-state index in [1.807, 2.05) is 0 Å². The minimum absolute atomic E-state index is 0.0166. The molecule has 0 aromatic heterocycles. The highest BCUT2D eigenvalue weighted by Crippen LogP contribution is 2.30. The fourth-order valence-electron chi connectivity index (χ4n) is 3.76. The zero-order valence-corrected chi connectivity index (χ0v) is 18.5. The summed E-state index contributed by atoms with van der Waals surface area (Å²) in [5.41, 5.74) is 1.16. The normalized spacial score (nSPS) is 14.6. The second-order valence-electron chi connectivity index (χ2n) is 7.87. The number of carbonyl (C=O) groups excluding carboxylic acids is 1. The number of benzene rings is 2. The van der Waals surface area contributed by atoms with E-state index >= 15 is 0 Å². The Morgan fingerprint density at radius 1 is 1.12 bits per heavy atom. The maximum Gasteiger partial charge on any atom is 0.387 e. The maximum atomic E-state index is 14.1. The van der Waals surface area contributed by atoms with Crippen molar-refractivity contribution in [1.82, 2.24) is 9.80 Å². The van der Waals surface area contributed by atoms with E-state index in [2.05, 4.69) is 9.64 Å². The Labute approximate surface area is 190 Å². The molecule has 2 aromatic carbocycles. The average Bonchev–Trinajstić information content (AvgIpc) is 3.28. The molecule has 0 saturated carbocycles. The van der Waals surface area contributed by atoms with E-state index in [1.165, 1.54) is 37.4 Å². The molecule has 0 N–H and O–H groups in total. The molecule has 1 aliphatic rings. The third-order valence-corrected chi connectivity index (χ3v) is 5.29. The van der Waals surface area contributed by atoms with Gasteiger partial charge in [0.05, 0.1) is 13.8 Å². The van der Waals surface area contributed by atoms with E-state index in [0.29, 0.717) is 12.2 Å². The molecule has 33 heavy (non-hydrogen) atoms. The van der Waals surface area contributed by atoms with Gasteiger partial charge in [-0.2, -0.15) is 8.78 Å². The monoisotopic (exact) mass is 466 g/mol. The van der Waals surface area contributed by atoms with Crippen molar-refractivity contribution in [1.29, 1.82) is 0 Å². The second-order valence-corrected chi connectivity index (χ2v) is 7.87. The number of rotatable bonds is 9. The average molecular weight is 466 g/mol. The maximum absolute atomic E-state index is 14.1. The van der Waals surface area contributed by atoms with E-state index in [9.17, 15) is 22.4 Å². The third kappa shape index (κ3) is 6.71. The zero-order valence-electron chi connectivity index (χ0n) is 18.5. The predicted molar refractivity (Wildman–Crippen MR) is 116 cm³/mol. The molecule has 1 heterocycles. The van der Waals surface area contributed by atoms with Crippen LogP contribution in [-0.2, 0) is 0 Å². The summed E-state index contributed by atoms with van der Waals surface area (Å²) < 4.78 is 62.0. The first-order valence-electron chi connectivity index (χ1n) is 10.5. The molecule has 0 aliphatic carbocycles. The van der Waals surface area contributed by atoms with Gasteiger partial charge in [-0.3, -0.25) is 9.69 Å². The number of methoxy groups -OCH3 is 1. The van der Waals surface area contributed by atoms with E-state index in [1.54, 1.807) is 17.9 Å². The molecule has 2 aromatic rings. The van der Waals surface area contributed by atoms with Gasteiger partial charge in [0.2, 0.25) is 0 Å². The van der Waals surface area contributed by atoms with Crippen LogP contribution in [-0.4, -0.2) is 55.7 Å². The van der Waals surface area contributed by atoms with Crippen molar-refractivity contribution in [2.45, 2.75) is 26.4 Å². The van der Waals surface area contributed by atoms with Crippen LogP contribution in [0.1, 0.15) is 35.7 Å². The van der Waals surface area contributed by atoms with Crippen LogP contribution in [0.25, 0.3) is 6.08 Å². The minimum atomic E-state index is -3.02. The van der Waals surface area contributed by atoms with Crippen LogP contribution >= 0.6 is 0 Å². The fraction of sp³-hybridized carbons (Fsp3) is 0.375. The lowest BCUT2D eigenvalue weighted by Gasteiger charge is -2.28. The largest absolute Gasteiger partial charge is 0.493 e. The van der Waals surface area contributed by atoms with Crippen LogP contribution in [0, 0.1) is 11.6 Å². The number of alkyl halides is 2. The summed E-state index contributed by atoms with van der Waals surface area (Å²) in [5.74, 6) is -1.84. The van der Waals surface area contributed by atoms with E-state index < -0.39 is 18.2 Å². The highest BCUT2D eigenvalue weighted by atomic mass is 19.3. The Balaban J connectivity index is 1.85. The number of hydrogen-bond acceptors (Lipinski definition) is 4. The molecule has 178 valence electrons. The SMILES string of the molecule is COc1cc(C(=O)N(CC(C)=Cc2ccc(F)cc2F)CN2CCCC2)ccc1OC(F)F. The Bertz CT molecular complexity index is 1010. The highest BCUT2D eigenvalue weighted by Gasteiger charge is 2.23. The van der Waals surface area contributed by atoms with Gasteiger partial charge in [0, 0.05) is 23.7 Å². The summed E-state index contributed by atoms with van der Waals surface area (Å²) in [5, 5.41) is 0. The Morgan fingerprint density at radius 3 is 2.48 bits per heavy atom. The summed E-state index contributed by atoms with van der Waals surface area (Å²) in [7, 11) is 1.30. The lowest BCUT2D eigenvalue weighted by molar-refractivity contribution is -0.0512. The summed E-state index contributed by atoms with van der Waals surface area (Å²) in [6, 6.07) is 7.34. The molecule has 1 saturated heterocycles. The molecule has 1 amide bonds. The lowest BCUT2D eigenvalue weighted by Crippen LogP contribution is -2.41. The number of nitrogens with zero attached hydrogens (tertiary/aromatic N) is 2. The molecule has 0 atom stereocenters. The number of hydrogen-bond donors (Lipinski definition) is 0. The number of halogens is 4. The van der Waals surface area contributed by atoms with Gasteiger partial charge in [0.25, 0.3) is 5.91 Å². The first-order valence-corrected chi connectivity index (χ1v) is 10.5.